The molecule has 1 aliphatic rings. The molecular weight excluding hydrogens is 480 g/mol. The van der Waals surface area contributed by atoms with Crippen molar-refractivity contribution in [2.45, 2.75) is 18.9 Å². The van der Waals surface area contributed by atoms with Gasteiger partial charge in [0, 0.05) is 37.4 Å². The van der Waals surface area contributed by atoms with E-state index < -0.39 is 17.5 Å². The first-order chi connectivity index (χ1) is 16.7. The summed E-state index contributed by atoms with van der Waals surface area (Å²) in [6.07, 6.45) is 2.74. The number of hydrogen-bond acceptors (Lipinski definition) is 5. The molecule has 0 radical (unpaired) electrons. The van der Waals surface area contributed by atoms with E-state index in [4.69, 9.17) is 22.1 Å². The highest BCUT2D eigenvalue weighted by Gasteiger charge is 2.24. The Bertz CT molecular complexity index is 1290. The number of aromatic nitrogens is 2. The molecule has 2 amide bonds. The van der Waals surface area contributed by atoms with Gasteiger partial charge in [-0.25, -0.2) is 9.37 Å². The molecule has 2 aromatic carbocycles. The third-order valence-corrected chi connectivity index (χ3v) is 6.33. The Morgan fingerprint density at radius 1 is 1.17 bits per heavy atom. The summed E-state index contributed by atoms with van der Waals surface area (Å²) in [6, 6.07) is 7.33. The van der Waals surface area contributed by atoms with Crippen molar-refractivity contribution >= 4 is 29.1 Å². The van der Waals surface area contributed by atoms with Crippen molar-refractivity contribution in [3.8, 4) is 17.0 Å². The first-order valence-electron chi connectivity index (χ1n) is 10.9. The van der Waals surface area contributed by atoms with Crippen LogP contribution >= 0.6 is 11.6 Å². The Morgan fingerprint density at radius 2 is 1.89 bits per heavy atom. The zero-order valence-corrected chi connectivity index (χ0v) is 19.9. The zero-order chi connectivity index (χ0) is 25.3. The predicted molar refractivity (Wildman–Crippen MR) is 128 cm³/mol. The Kier molecular flexibility index (Phi) is 7.04. The number of nitrogens with zero attached hydrogens (tertiary/aromatic N) is 3. The third kappa shape index (κ3) is 4.85. The van der Waals surface area contributed by atoms with Crippen molar-refractivity contribution in [3.63, 3.8) is 0 Å². The lowest BCUT2D eigenvalue weighted by atomic mass is 10.0. The SMILES string of the molecule is COc1ccc(-c2cnc(C(=O)Nc3ccc(C(=O)N4CCC(N)CC4)c(Cl)c3)n2C)c(F)c1F. The van der Waals surface area contributed by atoms with Crippen LogP contribution in [0.15, 0.2) is 36.5 Å². The van der Waals surface area contributed by atoms with Crippen LogP contribution in [0, 0.1) is 11.6 Å². The minimum atomic E-state index is -1.13. The number of hydrogen-bond donors (Lipinski definition) is 2. The number of benzene rings is 2. The molecule has 2 heterocycles. The fourth-order valence-electron chi connectivity index (χ4n) is 3.98. The fourth-order valence-corrected chi connectivity index (χ4v) is 4.25. The van der Waals surface area contributed by atoms with Gasteiger partial charge in [0.15, 0.2) is 17.4 Å². The lowest BCUT2D eigenvalue weighted by molar-refractivity contribution is 0.0715. The number of amides is 2. The van der Waals surface area contributed by atoms with E-state index in [2.05, 4.69) is 10.3 Å². The molecule has 1 fully saturated rings. The van der Waals surface area contributed by atoms with E-state index in [0.29, 0.717) is 24.3 Å². The molecule has 3 aromatic rings. The van der Waals surface area contributed by atoms with Crippen LogP contribution in [0.1, 0.15) is 33.8 Å². The largest absolute Gasteiger partial charge is 0.494 e. The van der Waals surface area contributed by atoms with E-state index in [-0.39, 0.29) is 39.8 Å². The number of halogens is 3. The van der Waals surface area contributed by atoms with Crippen molar-refractivity contribution in [1.82, 2.24) is 14.5 Å². The number of ether oxygens (including phenoxy) is 1. The quantitative estimate of drug-likeness (QED) is 0.550. The van der Waals surface area contributed by atoms with Gasteiger partial charge in [0.05, 0.1) is 29.6 Å². The number of likely N-dealkylation sites (tertiary alicyclic amines) is 1. The number of carbonyl (C=O) groups excluding carboxylic acids is 2. The molecule has 4 rings (SSSR count). The van der Waals surface area contributed by atoms with Gasteiger partial charge in [-0.1, -0.05) is 11.6 Å². The first-order valence-corrected chi connectivity index (χ1v) is 11.3. The predicted octanol–water partition coefficient (Wildman–Crippen LogP) is 3.84. The standard InChI is InChI=1S/C24H24ClF2N5O3/c1-31-18(16-5-6-19(35-2)21(27)20(16)26)12-29-22(31)23(33)30-14-3-4-15(17(25)11-14)24(34)32-9-7-13(28)8-10-32/h3-6,11-13H,7-10,28H2,1-2H3,(H,30,33). The summed E-state index contributed by atoms with van der Waals surface area (Å²) in [5, 5.41) is 2.86. The monoisotopic (exact) mass is 503 g/mol. The highest BCUT2D eigenvalue weighted by molar-refractivity contribution is 6.34. The normalized spacial score (nSPS) is 14.2. The zero-order valence-electron chi connectivity index (χ0n) is 19.1. The summed E-state index contributed by atoms with van der Waals surface area (Å²) >= 11 is 6.34. The van der Waals surface area contributed by atoms with Gasteiger partial charge in [0.2, 0.25) is 5.82 Å². The van der Waals surface area contributed by atoms with Crippen LogP contribution in [-0.4, -0.2) is 52.5 Å². The second kappa shape index (κ2) is 10.0. The molecule has 1 aliphatic heterocycles. The van der Waals surface area contributed by atoms with Gasteiger partial charge in [-0.15, -0.1) is 0 Å². The van der Waals surface area contributed by atoms with Crippen molar-refractivity contribution in [2.24, 2.45) is 12.8 Å². The summed E-state index contributed by atoms with van der Waals surface area (Å²) in [5.74, 6) is -3.28. The molecule has 3 N–H and O–H groups in total. The van der Waals surface area contributed by atoms with Crippen molar-refractivity contribution in [3.05, 3.63) is 64.6 Å². The van der Waals surface area contributed by atoms with E-state index in [1.54, 1.807) is 17.0 Å². The van der Waals surface area contributed by atoms with Gasteiger partial charge in [-0.3, -0.25) is 9.59 Å². The average molecular weight is 504 g/mol. The molecule has 11 heteroatoms. The number of nitrogens with one attached hydrogen (secondary N) is 1. The van der Waals surface area contributed by atoms with Crippen LogP contribution in [0.25, 0.3) is 11.3 Å². The molecule has 0 saturated carbocycles. The molecule has 35 heavy (non-hydrogen) atoms. The number of imidazole rings is 1. The smallest absolute Gasteiger partial charge is 0.291 e. The topological polar surface area (TPSA) is 102 Å². The maximum absolute atomic E-state index is 14.5. The number of anilines is 1. The van der Waals surface area contributed by atoms with Crippen molar-refractivity contribution in [1.29, 1.82) is 0 Å². The van der Waals surface area contributed by atoms with E-state index >= 15 is 0 Å². The Balaban J connectivity index is 1.51. The van der Waals surface area contributed by atoms with Gasteiger partial charge < -0.3 is 25.3 Å². The molecule has 8 nitrogen and oxygen atoms in total. The van der Waals surface area contributed by atoms with Gasteiger partial charge >= 0.3 is 0 Å². The third-order valence-electron chi connectivity index (χ3n) is 6.02. The van der Waals surface area contributed by atoms with Crippen LogP contribution in [0.3, 0.4) is 0 Å². The van der Waals surface area contributed by atoms with Gasteiger partial charge in [-0.05, 0) is 43.2 Å². The molecule has 0 bridgehead atoms. The summed E-state index contributed by atoms with van der Waals surface area (Å²) < 4.78 is 34.8. The molecule has 0 unspecified atom stereocenters. The molecular formula is C24H24ClF2N5O3. The number of piperidine rings is 1. The molecule has 0 spiro atoms. The van der Waals surface area contributed by atoms with E-state index in [1.807, 2.05) is 0 Å². The molecule has 1 saturated heterocycles. The number of methoxy groups -OCH3 is 1. The molecule has 0 aliphatic carbocycles. The second-order valence-corrected chi connectivity index (χ2v) is 8.65. The molecule has 184 valence electrons. The summed E-state index contributed by atoms with van der Waals surface area (Å²) in [6.45, 7) is 1.13. The van der Waals surface area contributed by atoms with Crippen LogP contribution in [0.4, 0.5) is 14.5 Å². The first kappa shape index (κ1) is 24.6. The van der Waals surface area contributed by atoms with E-state index in [1.165, 1.54) is 43.1 Å². The second-order valence-electron chi connectivity index (χ2n) is 8.25. The summed E-state index contributed by atoms with van der Waals surface area (Å²) in [4.78, 5) is 31.4. The molecule has 0 atom stereocenters. The van der Waals surface area contributed by atoms with E-state index in [0.717, 1.165) is 12.8 Å². The van der Waals surface area contributed by atoms with Crippen LogP contribution < -0.4 is 15.8 Å². The summed E-state index contributed by atoms with van der Waals surface area (Å²) in [5.41, 5.74) is 6.72. The fraction of sp³-hybridized carbons (Fsp3) is 0.292. The average Bonchev–Trinajstić information content (AvgIpc) is 3.22. The van der Waals surface area contributed by atoms with Crippen LogP contribution in [0.2, 0.25) is 5.02 Å². The van der Waals surface area contributed by atoms with Gasteiger partial charge in [0.25, 0.3) is 11.8 Å². The van der Waals surface area contributed by atoms with Gasteiger partial charge in [-0.2, -0.15) is 4.39 Å². The Labute approximate surface area is 205 Å². The van der Waals surface area contributed by atoms with Crippen molar-refractivity contribution < 1.29 is 23.1 Å². The summed E-state index contributed by atoms with van der Waals surface area (Å²) in [7, 11) is 2.75. The number of carbonyl (C=O) groups is 2. The maximum Gasteiger partial charge on any atom is 0.291 e. The van der Waals surface area contributed by atoms with Gasteiger partial charge in [0.1, 0.15) is 0 Å². The maximum atomic E-state index is 14.5. The Morgan fingerprint density at radius 3 is 2.54 bits per heavy atom. The molecule has 1 aromatic heterocycles. The lowest BCUT2D eigenvalue weighted by Crippen LogP contribution is -2.42. The Hall–Kier alpha value is -3.50. The minimum absolute atomic E-state index is 0.0310. The number of rotatable bonds is 5. The van der Waals surface area contributed by atoms with E-state index in [9.17, 15) is 18.4 Å². The van der Waals surface area contributed by atoms with Crippen LogP contribution in [0.5, 0.6) is 5.75 Å². The van der Waals surface area contributed by atoms with Crippen LogP contribution in [-0.2, 0) is 7.05 Å². The number of nitrogens with two attached hydrogens (primary N) is 1. The van der Waals surface area contributed by atoms with Crippen molar-refractivity contribution in [2.75, 3.05) is 25.5 Å². The minimum Gasteiger partial charge on any atom is -0.494 e. The lowest BCUT2D eigenvalue weighted by Gasteiger charge is -2.30. The highest BCUT2D eigenvalue weighted by atomic mass is 35.5. The highest BCUT2D eigenvalue weighted by Crippen LogP contribution is 2.30.